The Balaban J connectivity index is 2.52. The summed E-state index contributed by atoms with van der Waals surface area (Å²) in [5.41, 5.74) is 2.73. The van der Waals surface area contributed by atoms with Crippen LogP contribution < -0.4 is 18.9 Å². The molecule has 2 aromatic carbocycles. The van der Waals surface area contributed by atoms with Crippen molar-refractivity contribution in [2.45, 2.75) is 25.7 Å². The first kappa shape index (κ1) is 18.9. The van der Waals surface area contributed by atoms with Crippen LogP contribution in [0.4, 0.5) is 5.69 Å². The molecule has 0 bridgehead atoms. The second kappa shape index (κ2) is 7.23. The van der Waals surface area contributed by atoms with Gasteiger partial charge in [-0.3, -0.25) is 4.72 Å². The fourth-order valence-corrected chi connectivity index (χ4v) is 4.43. The quantitative estimate of drug-likeness (QED) is 0.849. The van der Waals surface area contributed by atoms with Crippen molar-refractivity contribution in [3.8, 4) is 17.2 Å². The van der Waals surface area contributed by atoms with E-state index in [4.69, 9.17) is 14.2 Å². The van der Waals surface area contributed by atoms with Crippen LogP contribution in [0.5, 0.6) is 17.2 Å². The number of hydrogen-bond acceptors (Lipinski definition) is 5. The Hall–Kier alpha value is -2.41. The maximum Gasteiger partial charge on any atom is 0.262 e. The monoisotopic (exact) mass is 365 g/mol. The van der Waals surface area contributed by atoms with Gasteiger partial charge in [-0.15, -0.1) is 0 Å². The predicted octanol–water partition coefficient (Wildman–Crippen LogP) is 3.44. The predicted molar refractivity (Wildman–Crippen MR) is 97.6 cm³/mol. The highest BCUT2D eigenvalue weighted by molar-refractivity contribution is 7.92. The summed E-state index contributed by atoms with van der Waals surface area (Å²) in [6.45, 7) is 5.50. The van der Waals surface area contributed by atoms with E-state index in [0.717, 1.165) is 5.56 Å². The maximum absolute atomic E-state index is 12.9. The Labute approximate surface area is 148 Å². The largest absolute Gasteiger partial charge is 0.493 e. The van der Waals surface area contributed by atoms with Gasteiger partial charge in [0.1, 0.15) is 0 Å². The van der Waals surface area contributed by atoms with Crippen molar-refractivity contribution in [1.29, 1.82) is 0 Å². The highest BCUT2D eigenvalue weighted by Gasteiger charge is 2.22. The van der Waals surface area contributed by atoms with Gasteiger partial charge in [-0.2, -0.15) is 0 Å². The Kier molecular flexibility index (Phi) is 5.47. The number of aryl methyl sites for hydroxylation is 3. The number of anilines is 1. The molecule has 136 valence electrons. The van der Waals surface area contributed by atoms with Gasteiger partial charge in [-0.1, -0.05) is 17.7 Å². The number of hydrogen-bond donors (Lipinski definition) is 1. The van der Waals surface area contributed by atoms with Gasteiger partial charge < -0.3 is 14.2 Å². The highest BCUT2D eigenvalue weighted by Crippen LogP contribution is 2.40. The van der Waals surface area contributed by atoms with Crippen LogP contribution in [0.2, 0.25) is 0 Å². The third-order valence-corrected chi connectivity index (χ3v) is 5.48. The molecule has 0 fully saturated rings. The minimum Gasteiger partial charge on any atom is -0.493 e. The first-order valence-corrected chi connectivity index (χ1v) is 9.12. The summed E-state index contributed by atoms with van der Waals surface area (Å²) in [6, 6.07) is 6.79. The van der Waals surface area contributed by atoms with E-state index >= 15 is 0 Å². The number of rotatable bonds is 6. The van der Waals surface area contributed by atoms with Crippen LogP contribution in [0.1, 0.15) is 16.7 Å². The summed E-state index contributed by atoms with van der Waals surface area (Å²) in [7, 11) is 0.679. The fraction of sp³-hybridized carbons (Fsp3) is 0.333. The summed E-state index contributed by atoms with van der Waals surface area (Å²) in [5.74, 6) is 1.14. The molecule has 0 aromatic heterocycles. The zero-order valence-corrected chi connectivity index (χ0v) is 16.1. The van der Waals surface area contributed by atoms with E-state index in [0.29, 0.717) is 34.1 Å². The summed E-state index contributed by atoms with van der Waals surface area (Å²) in [5, 5.41) is 0. The van der Waals surface area contributed by atoms with Crippen molar-refractivity contribution in [3.05, 3.63) is 41.0 Å². The molecule has 0 radical (unpaired) electrons. The van der Waals surface area contributed by atoms with Crippen LogP contribution in [0.15, 0.2) is 29.2 Å². The van der Waals surface area contributed by atoms with E-state index in [1.807, 2.05) is 19.1 Å². The van der Waals surface area contributed by atoms with Gasteiger partial charge in [0.2, 0.25) is 5.75 Å². The van der Waals surface area contributed by atoms with Crippen molar-refractivity contribution >= 4 is 15.7 Å². The number of nitrogens with one attached hydrogen (secondary N) is 1. The molecule has 0 saturated carbocycles. The maximum atomic E-state index is 12.9. The Bertz CT molecular complexity index is 842. The Morgan fingerprint density at radius 3 is 1.68 bits per heavy atom. The van der Waals surface area contributed by atoms with Crippen LogP contribution >= 0.6 is 0 Å². The molecule has 2 rings (SSSR count). The molecule has 0 spiro atoms. The normalized spacial score (nSPS) is 11.1. The number of sulfonamides is 1. The van der Waals surface area contributed by atoms with E-state index in [9.17, 15) is 8.42 Å². The number of ether oxygens (including phenoxy) is 3. The third kappa shape index (κ3) is 3.82. The molecular formula is C18H23NO5S. The zero-order chi connectivity index (χ0) is 18.8. The van der Waals surface area contributed by atoms with Crippen molar-refractivity contribution in [3.63, 3.8) is 0 Å². The second-order valence-electron chi connectivity index (χ2n) is 5.75. The summed E-state index contributed by atoms with van der Waals surface area (Å²) in [4.78, 5) is 0.270. The fourth-order valence-electron chi connectivity index (χ4n) is 2.94. The van der Waals surface area contributed by atoms with Crippen LogP contribution in [-0.2, 0) is 10.0 Å². The second-order valence-corrected chi connectivity index (χ2v) is 7.37. The molecule has 0 heterocycles. The minimum atomic E-state index is -3.76. The Morgan fingerprint density at radius 2 is 1.28 bits per heavy atom. The first-order chi connectivity index (χ1) is 11.7. The minimum absolute atomic E-state index is 0.270. The van der Waals surface area contributed by atoms with E-state index in [1.54, 1.807) is 26.0 Å². The summed E-state index contributed by atoms with van der Waals surface area (Å²) in [6.07, 6.45) is 0. The Morgan fingerprint density at radius 1 is 0.800 bits per heavy atom. The van der Waals surface area contributed by atoms with Crippen LogP contribution in [0, 0.1) is 20.8 Å². The van der Waals surface area contributed by atoms with Crippen molar-refractivity contribution < 1.29 is 22.6 Å². The molecule has 6 nitrogen and oxygen atoms in total. The molecule has 0 aliphatic rings. The van der Waals surface area contributed by atoms with Gasteiger partial charge in [0.05, 0.1) is 31.9 Å². The number of methoxy groups -OCH3 is 3. The molecule has 25 heavy (non-hydrogen) atoms. The molecule has 0 saturated heterocycles. The first-order valence-electron chi connectivity index (χ1n) is 7.64. The van der Waals surface area contributed by atoms with Gasteiger partial charge >= 0.3 is 0 Å². The summed E-state index contributed by atoms with van der Waals surface area (Å²) >= 11 is 0. The number of benzene rings is 2. The van der Waals surface area contributed by atoms with Crippen LogP contribution in [-0.4, -0.2) is 29.7 Å². The lowest BCUT2D eigenvalue weighted by Crippen LogP contribution is -2.16. The third-order valence-electron chi connectivity index (χ3n) is 3.79. The van der Waals surface area contributed by atoms with Crippen molar-refractivity contribution in [1.82, 2.24) is 0 Å². The average Bonchev–Trinajstić information content (AvgIpc) is 2.51. The van der Waals surface area contributed by atoms with Crippen LogP contribution in [0.3, 0.4) is 0 Å². The van der Waals surface area contributed by atoms with Crippen LogP contribution in [0.25, 0.3) is 0 Å². The molecule has 0 amide bonds. The molecular weight excluding hydrogens is 342 g/mol. The molecule has 0 unspecified atom stereocenters. The van der Waals surface area contributed by atoms with Crippen molar-refractivity contribution in [2.24, 2.45) is 0 Å². The van der Waals surface area contributed by atoms with Gasteiger partial charge in [-0.25, -0.2) is 8.42 Å². The molecule has 0 aliphatic heterocycles. The standard InChI is InChI=1S/C18H23NO5S/c1-11-7-12(2)18(13(3)8-11)25(20,21)19-14-9-15(22-4)17(24-6)16(10-14)23-5/h7-10,19H,1-6H3. The lowest BCUT2D eigenvalue weighted by Gasteiger charge is -2.17. The topological polar surface area (TPSA) is 73.9 Å². The molecule has 1 N–H and O–H groups in total. The molecule has 7 heteroatoms. The zero-order valence-electron chi connectivity index (χ0n) is 15.3. The van der Waals surface area contributed by atoms with Gasteiger partial charge in [0.15, 0.2) is 11.5 Å². The van der Waals surface area contributed by atoms with E-state index < -0.39 is 10.0 Å². The molecule has 0 atom stereocenters. The van der Waals surface area contributed by atoms with E-state index in [-0.39, 0.29) is 4.90 Å². The molecule has 0 aliphatic carbocycles. The SMILES string of the molecule is COc1cc(NS(=O)(=O)c2c(C)cc(C)cc2C)cc(OC)c1OC. The van der Waals surface area contributed by atoms with Crippen molar-refractivity contribution in [2.75, 3.05) is 26.1 Å². The summed E-state index contributed by atoms with van der Waals surface area (Å²) < 4.78 is 44.1. The van der Waals surface area contributed by atoms with Gasteiger partial charge in [0, 0.05) is 12.1 Å². The smallest absolute Gasteiger partial charge is 0.262 e. The lowest BCUT2D eigenvalue weighted by atomic mass is 10.1. The van der Waals surface area contributed by atoms with E-state index in [1.165, 1.54) is 21.3 Å². The van der Waals surface area contributed by atoms with Gasteiger partial charge in [-0.05, 0) is 31.9 Å². The molecule has 2 aromatic rings. The average molecular weight is 365 g/mol. The van der Waals surface area contributed by atoms with Gasteiger partial charge in [0.25, 0.3) is 10.0 Å². The highest BCUT2D eigenvalue weighted by atomic mass is 32.2. The van der Waals surface area contributed by atoms with E-state index in [2.05, 4.69) is 4.72 Å². The lowest BCUT2D eigenvalue weighted by molar-refractivity contribution is 0.325.